The fourth-order valence-electron chi connectivity index (χ4n) is 1.46. The van der Waals surface area contributed by atoms with Crippen molar-refractivity contribution in [2.24, 2.45) is 0 Å². The van der Waals surface area contributed by atoms with Gasteiger partial charge in [-0.05, 0) is 24.1 Å². The van der Waals surface area contributed by atoms with Gasteiger partial charge in [-0.3, -0.25) is 0 Å². The van der Waals surface area contributed by atoms with Crippen LogP contribution in [0.3, 0.4) is 0 Å². The molecule has 0 spiro atoms. The summed E-state index contributed by atoms with van der Waals surface area (Å²) in [6.07, 6.45) is 2.04. The highest BCUT2D eigenvalue weighted by molar-refractivity contribution is 7.89. The van der Waals surface area contributed by atoms with Gasteiger partial charge < -0.3 is 10.6 Å². The molecule has 0 radical (unpaired) electrons. The van der Waals surface area contributed by atoms with E-state index in [0.29, 0.717) is 17.8 Å². The number of amides is 2. The molecule has 1 aromatic rings. The van der Waals surface area contributed by atoms with Crippen molar-refractivity contribution in [1.29, 1.82) is 0 Å². The van der Waals surface area contributed by atoms with E-state index in [-0.39, 0.29) is 11.8 Å². The van der Waals surface area contributed by atoms with Crippen LogP contribution in [0.2, 0.25) is 0 Å². The SMILES string of the molecule is CCCNC(=O)Nc1cccc(CS(C)(=O)=O)c1. The number of anilines is 1. The average Bonchev–Trinajstić information content (AvgIpc) is 2.24. The van der Waals surface area contributed by atoms with Gasteiger partial charge >= 0.3 is 6.03 Å². The van der Waals surface area contributed by atoms with Gasteiger partial charge in [0, 0.05) is 18.5 Å². The minimum absolute atomic E-state index is 0.0287. The third kappa shape index (κ3) is 5.67. The molecule has 6 heteroatoms. The Morgan fingerprint density at radius 1 is 1.33 bits per heavy atom. The lowest BCUT2D eigenvalue weighted by Gasteiger charge is -2.08. The first kappa shape index (κ1) is 14.5. The number of carbonyl (C=O) groups is 1. The van der Waals surface area contributed by atoms with Crippen LogP contribution < -0.4 is 10.6 Å². The van der Waals surface area contributed by atoms with E-state index in [9.17, 15) is 13.2 Å². The summed E-state index contributed by atoms with van der Waals surface area (Å²) in [7, 11) is -3.06. The highest BCUT2D eigenvalue weighted by Crippen LogP contribution is 2.12. The number of carbonyl (C=O) groups excluding carboxylic acids is 1. The Labute approximate surface area is 108 Å². The Hall–Kier alpha value is -1.56. The third-order valence-corrected chi connectivity index (χ3v) is 3.01. The van der Waals surface area contributed by atoms with Gasteiger partial charge in [-0.2, -0.15) is 0 Å². The predicted molar refractivity (Wildman–Crippen MR) is 72.3 cm³/mol. The number of hydrogen-bond acceptors (Lipinski definition) is 3. The van der Waals surface area contributed by atoms with Crippen molar-refractivity contribution in [3.8, 4) is 0 Å². The van der Waals surface area contributed by atoms with Crippen molar-refractivity contribution < 1.29 is 13.2 Å². The first-order valence-corrected chi connectivity index (χ1v) is 7.78. The first-order chi connectivity index (χ1) is 8.40. The summed E-state index contributed by atoms with van der Waals surface area (Å²) in [4.78, 5) is 11.4. The molecule has 0 atom stereocenters. The topological polar surface area (TPSA) is 75.3 Å². The summed E-state index contributed by atoms with van der Waals surface area (Å²) in [5.41, 5.74) is 1.25. The van der Waals surface area contributed by atoms with Gasteiger partial charge in [-0.25, -0.2) is 13.2 Å². The van der Waals surface area contributed by atoms with Gasteiger partial charge in [0.1, 0.15) is 0 Å². The zero-order valence-corrected chi connectivity index (χ0v) is 11.4. The van der Waals surface area contributed by atoms with Gasteiger partial charge in [0.15, 0.2) is 9.84 Å². The second-order valence-corrected chi connectivity index (χ2v) is 6.29. The third-order valence-electron chi connectivity index (χ3n) is 2.15. The zero-order chi connectivity index (χ0) is 13.6. The number of nitrogens with one attached hydrogen (secondary N) is 2. The van der Waals surface area contributed by atoms with Crippen LogP contribution in [0, 0.1) is 0 Å². The quantitative estimate of drug-likeness (QED) is 0.856. The monoisotopic (exact) mass is 270 g/mol. The molecule has 0 fully saturated rings. The maximum absolute atomic E-state index is 11.4. The van der Waals surface area contributed by atoms with Crippen LogP contribution in [0.1, 0.15) is 18.9 Å². The van der Waals surface area contributed by atoms with Crippen molar-refractivity contribution in [2.45, 2.75) is 19.1 Å². The number of rotatable bonds is 5. The summed E-state index contributed by atoms with van der Waals surface area (Å²) in [5.74, 6) is -0.0287. The van der Waals surface area contributed by atoms with E-state index in [1.54, 1.807) is 24.3 Å². The molecular weight excluding hydrogens is 252 g/mol. The van der Waals surface area contributed by atoms with E-state index in [1.165, 1.54) is 6.26 Å². The van der Waals surface area contributed by atoms with E-state index in [1.807, 2.05) is 6.92 Å². The minimum atomic E-state index is -3.06. The standard InChI is InChI=1S/C12H18N2O3S/c1-3-7-13-12(15)14-11-6-4-5-10(8-11)9-18(2,16)17/h4-6,8H,3,7,9H2,1-2H3,(H2,13,14,15). The van der Waals surface area contributed by atoms with Gasteiger partial charge in [0.2, 0.25) is 0 Å². The molecule has 2 N–H and O–H groups in total. The van der Waals surface area contributed by atoms with E-state index in [4.69, 9.17) is 0 Å². The summed E-state index contributed by atoms with van der Waals surface area (Å²) in [6, 6.07) is 6.53. The molecule has 0 aliphatic rings. The number of benzene rings is 1. The summed E-state index contributed by atoms with van der Waals surface area (Å²) in [5, 5.41) is 5.34. The second kappa shape index (κ2) is 6.39. The van der Waals surface area contributed by atoms with Crippen molar-refractivity contribution in [3.63, 3.8) is 0 Å². The molecule has 100 valence electrons. The zero-order valence-electron chi connectivity index (χ0n) is 10.6. The Morgan fingerprint density at radius 2 is 2.06 bits per heavy atom. The van der Waals surface area contributed by atoms with E-state index in [2.05, 4.69) is 10.6 Å². The fraction of sp³-hybridized carbons (Fsp3) is 0.417. The molecule has 0 aliphatic carbocycles. The number of urea groups is 1. The van der Waals surface area contributed by atoms with Crippen molar-refractivity contribution in [2.75, 3.05) is 18.1 Å². The van der Waals surface area contributed by atoms with Crippen molar-refractivity contribution >= 4 is 21.6 Å². The summed E-state index contributed by atoms with van der Waals surface area (Å²) in [6.45, 7) is 2.57. The molecule has 0 saturated carbocycles. The Morgan fingerprint density at radius 3 is 2.67 bits per heavy atom. The molecule has 2 amide bonds. The van der Waals surface area contributed by atoms with Crippen LogP contribution in [0.15, 0.2) is 24.3 Å². The molecule has 0 aliphatic heterocycles. The number of sulfone groups is 1. The second-order valence-electron chi connectivity index (χ2n) is 4.15. The molecule has 18 heavy (non-hydrogen) atoms. The van der Waals surface area contributed by atoms with E-state index >= 15 is 0 Å². The molecule has 0 bridgehead atoms. The molecule has 0 saturated heterocycles. The maximum atomic E-state index is 11.4. The molecule has 5 nitrogen and oxygen atoms in total. The van der Waals surface area contributed by atoms with Gasteiger partial charge in [-0.1, -0.05) is 19.1 Å². The largest absolute Gasteiger partial charge is 0.338 e. The van der Waals surface area contributed by atoms with E-state index in [0.717, 1.165) is 6.42 Å². The van der Waals surface area contributed by atoms with Crippen LogP contribution in [0.25, 0.3) is 0 Å². The minimum Gasteiger partial charge on any atom is -0.338 e. The fourth-order valence-corrected chi connectivity index (χ4v) is 2.24. The Bertz CT molecular complexity index is 512. The van der Waals surface area contributed by atoms with E-state index < -0.39 is 9.84 Å². The smallest absolute Gasteiger partial charge is 0.319 e. The lowest BCUT2D eigenvalue weighted by atomic mass is 10.2. The van der Waals surface area contributed by atoms with Crippen LogP contribution in [-0.4, -0.2) is 27.2 Å². The predicted octanol–water partition coefficient (Wildman–Crippen LogP) is 1.76. The Balaban J connectivity index is 2.68. The molecule has 0 unspecified atom stereocenters. The number of hydrogen-bond donors (Lipinski definition) is 2. The maximum Gasteiger partial charge on any atom is 0.319 e. The van der Waals surface area contributed by atoms with Crippen LogP contribution >= 0.6 is 0 Å². The van der Waals surface area contributed by atoms with Gasteiger partial charge in [0.25, 0.3) is 0 Å². The summed E-state index contributed by atoms with van der Waals surface area (Å²) >= 11 is 0. The highest BCUT2D eigenvalue weighted by atomic mass is 32.2. The molecule has 0 aromatic heterocycles. The van der Waals surface area contributed by atoms with Gasteiger partial charge in [-0.15, -0.1) is 0 Å². The molecule has 1 aromatic carbocycles. The average molecular weight is 270 g/mol. The van der Waals surface area contributed by atoms with Crippen LogP contribution in [-0.2, 0) is 15.6 Å². The van der Waals surface area contributed by atoms with Crippen molar-refractivity contribution in [3.05, 3.63) is 29.8 Å². The molecule has 1 rings (SSSR count). The summed E-state index contributed by atoms with van der Waals surface area (Å²) < 4.78 is 22.4. The lowest BCUT2D eigenvalue weighted by molar-refractivity contribution is 0.252. The molecule has 0 heterocycles. The van der Waals surface area contributed by atoms with Crippen LogP contribution in [0.4, 0.5) is 10.5 Å². The van der Waals surface area contributed by atoms with Crippen molar-refractivity contribution in [1.82, 2.24) is 5.32 Å². The Kier molecular flexibility index (Phi) is 5.15. The lowest BCUT2D eigenvalue weighted by Crippen LogP contribution is -2.29. The normalized spacial score (nSPS) is 11.0. The molecular formula is C12H18N2O3S. The first-order valence-electron chi connectivity index (χ1n) is 5.72. The van der Waals surface area contributed by atoms with Crippen LogP contribution in [0.5, 0.6) is 0 Å². The highest BCUT2D eigenvalue weighted by Gasteiger charge is 2.06. The van der Waals surface area contributed by atoms with Gasteiger partial charge in [0.05, 0.1) is 5.75 Å².